The fourth-order valence-corrected chi connectivity index (χ4v) is 3.15. The molecule has 0 N–H and O–H groups in total. The quantitative estimate of drug-likeness (QED) is 0.649. The Morgan fingerprint density at radius 1 is 1.25 bits per heavy atom. The molecule has 0 aliphatic carbocycles. The second-order valence-corrected chi connectivity index (χ2v) is 6.63. The molecule has 0 spiro atoms. The van der Waals surface area contributed by atoms with Crippen LogP contribution in [0.5, 0.6) is 0 Å². The SMILES string of the molecule is C#CC1CN(C(=O)Cn2ncc3ncc(-c4ccc(F)c(C(F)F)c4)cc32)C1. The van der Waals surface area contributed by atoms with Gasteiger partial charge in [-0.1, -0.05) is 12.0 Å². The molecule has 1 amide bonds. The molecule has 0 saturated carbocycles. The van der Waals surface area contributed by atoms with E-state index < -0.39 is 17.8 Å². The van der Waals surface area contributed by atoms with Crippen LogP contribution >= 0.6 is 0 Å². The summed E-state index contributed by atoms with van der Waals surface area (Å²) in [4.78, 5) is 18.3. The number of pyridine rings is 1. The molecular formula is C20H15F3N4O. The highest BCUT2D eigenvalue weighted by atomic mass is 19.3. The van der Waals surface area contributed by atoms with Crippen molar-refractivity contribution in [3.63, 3.8) is 0 Å². The number of hydrogen-bond acceptors (Lipinski definition) is 3. The van der Waals surface area contributed by atoms with Crippen LogP contribution in [0.4, 0.5) is 13.2 Å². The number of halogens is 3. The first kappa shape index (κ1) is 18.0. The molecule has 1 aromatic carbocycles. The standard InChI is InChI=1S/C20H15F3N4O/c1-2-12-9-26(10-12)19(28)11-27-18-6-14(7-24-17(18)8-25-27)13-3-4-16(21)15(5-13)20(22)23/h1,3-8,12,20H,9-11H2. The van der Waals surface area contributed by atoms with E-state index in [0.717, 1.165) is 12.1 Å². The molecule has 0 radical (unpaired) electrons. The summed E-state index contributed by atoms with van der Waals surface area (Å²) in [7, 11) is 0. The summed E-state index contributed by atoms with van der Waals surface area (Å²) in [5.74, 6) is 1.64. The average molecular weight is 384 g/mol. The Kier molecular flexibility index (Phi) is 4.51. The van der Waals surface area contributed by atoms with Crippen LogP contribution in [0.2, 0.25) is 0 Å². The number of carbonyl (C=O) groups excluding carboxylic acids is 1. The first-order chi connectivity index (χ1) is 13.5. The predicted octanol–water partition coefficient (Wildman–Crippen LogP) is 3.27. The first-order valence-electron chi connectivity index (χ1n) is 8.59. The Morgan fingerprint density at radius 3 is 2.75 bits per heavy atom. The summed E-state index contributed by atoms with van der Waals surface area (Å²) in [6, 6.07) is 5.23. The monoisotopic (exact) mass is 384 g/mol. The fourth-order valence-electron chi connectivity index (χ4n) is 3.15. The molecule has 2 aromatic heterocycles. The van der Waals surface area contributed by atoms with E-state index in [4.69, 9.17) is 6.42 Å². The zero-order chi connectivity index (χ0) is 19.8. The second-order valence-electron chi connectivity index (χ2n) is 6.63. The summed E-state index contributed by atoms with van der Waals surface area (Å²) in [5, 5.41) is 4.20. The minimum atomic E-state index is -2.91. The lowest BCUT2D eigenvalue weighted by molar-refractivity contribution is -0.136. The lowest BCUT2D eigenvalue weighted by atomic mass is 10.0. The number of aromatic nitrogens is 3. The van der Waals surface area contributed by atoms with Crippen molar-refractivity contribution in [2.24, 2.45) is 5.92 Å². The zero-order valence-electron chi connectivity index (χ0n) is 14.6. The Labute approximate surface area is 158 Å². The van der Waals surface area contributed by atoms with Gasteiger partial charge >= 0.3 is 0 Å². The molecule has 28 heavy (non-hydrogen) atoms. The number of alkyl halides is 2. The Bertz CT molecular complexity index is 1100. The van der Waals surface area contributed by atoms with E-state index in [2.05, 4.69) is 16.0 Å². The second kappa shape index (κ2) is 7.00. The number of likely N-dealkylation sites (tertiary alicyclic amines) is 1. The Morgan fingerprint density at radius 2 is 2.04 bits per heavy atom. The molecule has 5 nitrogen and oxygen atoms in total. The summed E-state index contributed by atoms with van der Waals surface area (Å²) in [5.41, 5.74) is 1.42. The van der Waals surface area contributed by atoms with Crippen LogP contribution in [0.25, 0.3) is 22.2 Å². The molecule has 0 bridgehead atoms. The van der Waals surface area contributed by atoms with E-state index in [1.165, 1.54) is 23.1 Å². The Hall–Kier alpha value is -3.34. The predicted molar refractivity (Wildman–Crippen MR) is 96.8 cm³/mol. The molecule has 1 fully saturated rings. The van der Waals surface area contributed by atoms with Crippen LogP contribution in [0.1, 0.15) is 12.0 Å². The van der Waals surface area contributed by atoms with Crippen molar-refractivity contribution < 1.29 is 18.0 Å². The van der Waals surface area contributed by atoms with Gasteiger partial charge in [0.1, 0.15) is 17.9 Å². The Balaban J connectivity index is 1.63. The summed E-state index contributed by atoms with van der Waals surface area (Å²) >= 11 is 0. The number of amides is 1. The normalized spacial score (nSPS) is 14.3. The molecule has 1 aliphatic heterocycles. The molecule has 4 rings (SSSR count). The molecule has 3 aromatic rings. The van der Waals surface area contributed by atoms with Gasteiger partial charge in [-0.05, 0) is 23.8 Å². The van der Waals surface area contributed by atoms with Gasteiger partial charge in [-0.2, -0.15) is 5.10 Å². The molecular weight excluding hydrogens is 369 g/mol. The van der Waals surface area contributed by atoms with E-state index in [1.54, 1.807) is 11.0 Å². The number of terminal acetylenes is 1. The fraction of sp³-hybridized carbons (Fsp3) is 0.250. The van der Waals surface area contributed by atoms with Gasteiger partial charge in [-0.15, -0.1) is 6.42 Å². The van der Waals surface area contributed by atoms with Gasteiger partial charge in [-0.25, -0.2) is 13.2 Å². The topological polar surface area (TPSA) is 51.0 Å². The van der Waals surface area contributed by atoms with Gasteiger partial charge in [0.25, 0.3) is 6.43 Å². The highest BCUT2D eigenvalue weighted by Crippen LogP contribution is 2.29. The minimum Gasteiger partial charge on any atom is -0.338 e. The van der Waals surface area contributed by atoms with E-state index in [1.807, 2.05) is 0 Å². The van der Waals surface area contributed by atoms with E-state index in [9.17, 15) is 18.0 Å². The maximum atomic E-state index is 13.6. The van der Waals surface area contributed by atoms with Crippen LogP contribution in [0.3, 0.4) is 0 Å². The van der Waals surface area contributed by atoms with Gasteiger partial charge < -0.3 is 4.90 Å². The van der Waals surface area contributed by atoms with E-state index in [0.29, 0.717) is 35.2 Å². The third kappa shape index (κ3) is 3.20. The van der Waals surface area contributed by atoms with Gasteiger partial charge in [0.05, 0.1) is 23.2 Å². The van der Waals surface area contributed by atoms with E-state index in [-0.39, 0.29) is 18.4 Å². The van der Waals surface area contributed by atoms with Gasteiger partial charge in [0.15, 0.2) is 0 Å². The van der Waals surface area contributed by atoms with Crippen LogP contribution < -0.4 is 0 Å². The summed E-state index contributed by atoms with van der Waals surface area (Å²) in [6.07, 6.45) is 5.45. The van der Waals surface area contributed by atoms with Crippen molar-refractivity contribution in [2.45, 2.75) is 13.0 Å². The smallest absolute Gasteiger partial charge is 0.266 e. The van der Waals surface area contributed by atoms with Crippen molar-refractivity contribution >= 4 is 16.9 Å². The number of carbonyl (C=O) groups is 1. The van der Waals surface area contributed by atoms with Gasteiger partial charge in [0.2, 0.25) is 5.91 Å². The van der Waals surface area contributed by atoms with Crippen LogP contribution in [-0.4, -0.2) is 38.7 Å². The van der Waals surface area contributed by atoms with Crippen molar-refractivity contribution in [3.8, 4) is 23.5 Å². The molecule has 142 valence electrons. The molecule has 0 atom stereocenters. The average Bonchev–Trinajstić information content (AvgIpc) is 3.03. The minimum absolute atomic E-state index is 0.0254. The third-order valence-corrected chi connectivity index (χ3v) is 4.81. The van der Waals surface area contributed by atoms with Gasteiger partial charge in [0, 0.05) is 24.8 Å². The largest absolute Gasteiger partial charge is 0.338 e. The molecule has 1 saturated heterocycles. The van der Waals surface area contributed by atoms with Crippen LogP contribution in [0.15, 0.2) is 36.7 Å². The lowest BCUT2D eigenvalue weighted by Gasteiger charge is -2.36. The van der Waals surface area contributed by atoms with Crippen molar-refractivity contribution in [3.05, 3.63) is 48.0 Å². The maximum absolute atomic E-state index is 13.6. The first-order valence-corrected chi connectivity index (χ1v) is 8.59. The van der Waals surface area contributed by atoms with Crippen molar-refractivity contribution in [1.29, 1.82) is 0 Å². The van der Waals surface area contributed by atoms with Crippen LogP contribution in [0, 0.1) is 24.1 Å². The summed E-state index contributed by atoms with van der Waals surface area (Å²) in [6.45, 7) is 1.09. The summed E-state index contributed by atoms with van der Waals surface area (Å²) < 4.78 is 41.0. The van der Waals surface area contributed by atoms with Crippen LogP contribution in [-0.2, 0) is 11.3 Å². The highest BCUT2D eigenvalue weighted by molar-refractivity contribution is 5.83. The third-order valence-electron chi connectivity index (χ3n) is 4.81. The maximum Gasteiger partial charge on any atom is 0.266 e. The van der Waals surface area contributed by atoms with E-state index >= 15 is 0 Å². The number of benzene rings is 1. The zero-order valence-corrected chi connectivity index (χ0v) is 14.6. The highest BCUT2D eigenvalue weighted by Gasteiger charge is 2.29. The lowest BCUT2D eigenvalue weighted by Crippen LogP contribution is -2.50. The molecule has 1 aliphatic rings. The molecule has 8 heteroatoms. The number of hydrogen-bond donors (Lipinski definition) is 0. The van der Waals surface area contributed by atoms with Crippen molar-refractivity contribution in [1.82, 2.24) is 19.7 Å². The number of rotatable bonds is 4. The van der Waals surface area contributed by atoms with Gasteiger partial charge in [-0.3, -0.25) is 14.5 Å². The van der Waals surface area contributed by atoms with Crippen molar-refractivity contribution in [2.75, 3.05) is 13.1 Å². The number of nitrogens with zero attached hydrogens (tertiary/aromatic N) is 4. The number of fused-ring (bicyclic) bond motifs is 1. The molecule has 0 unspecified atom stereocenters. The molecule has 3 heterocycles.